The van der Waals surface area contributed by atoms with Gasteiger partial charge in [0.1, 0.15) is 0 Å². The molecule has 2 heterocycles. The first-order chi connectivity index (χ1) is 63.5. The van der Waals surface area contributed by atoms with Gasteiger partial charge in [-0.2, -0.15) is 0 Å². The van der Waals surface area contributed by atoms with E-state index >= 15 is 0 Å². The summed E-state index contributed by atoms with van der Waals surface area (Å²) in [7, 11) is 0. The van der Waals surface area contributed by atoms with E-state index in [2.05, 4.69) is 432 Å². The van der Waals surface area contributed by atoms with E-state index in [1.54, 1.807) is 0 Å². The Kier molecular flexibility index (Phi) is 15.2. The predicted molar refractivity (Wildman–Crippen MR) is 561 cm³/mol. The summed E-state index contributed by atoms with van der Waals surface area (Å²) in [6.45, 7) is 19.6. The van der Waals surface area contributed by atoms with Crippen molar-refractivity contribution in [1.82, 2.24) is 0 Å². The van der Waals surface area contributed by atoms with Crippen molar-refractivity contribution in [3.63, 3.8) is 0 Å². The van der Waals surface area contributed by atoms with Crippen molar-refractivity contribution >= 4 is 149 Å². The molecule has 4 aliphatic carbocycles. The van der Waals surface area contributed by atoms with Gasteiger partial charge in [0, 0.05) is 67.6 Å². The molecule has 0 N–H and O–H groups in total. The van der Waals surface area contributed by atoms with Crippen molar-refractivity contribution in [2.45, 2.75) is 77.0 Å². The third-order valence-corrected chi connectivity index (χ3v) is 33.7. The molecular formula is C128H86S2. The maximum absolute atomic E-state index is 2.56. The summed E-state index contributed by atoms with van der Waals surface area (Å²) in [5.74, 6) is 0. The van der Waals surface area contributed by atoms with Crippen LogP contribution in [-0.4, -0.2) is 0 Å². The van der Waals surface area contributed by atoms with Gasteiger partial charge in [0.25, 0.3) is 0 Å². The van der Waals surface area contributed by atoms with Crippen LogP contribution in [0.25, 0.3) is 249 Å². The van der Waals surface area contributed by atoms with Crippen LogP contribution in [0.15, 0.2) is 376 Å². The Morgan fingerprint density at radius 3 is 1.00 bits per heavy atom. The SMILES string of the molecule is CC1(C)c2ccc(-c3c4ccccc4c(-c4cccc5ccccc45)c4cc(-c5ccc6c(-c7ccc8c(c7)C(C)(C)c7cc(-c9ccc%10c(c9)C(C)(C)c9c-%10c%10c%11ccccc%11sc%10c%10ccccc9%10)ccc7-8)c7ccccc7c(-c7cccc8ccccc78)c6c5)ccc34)cc2-c2ccc(-c3ccc4c(c3)C(C)(C)c3c-4c4sc5ccccc5c4c4ccccc34)cc21. The van der Waals surface area contributed by atoms with Crippen LogP contribution >= 0.6 is 22.7 Å². The molecule has 0 atom stereocenters. The van der Waals surface area contributed by atoms with E-state index in [4.69, 9.17) is 0 Å². The molecule has 2 heteroatoms. The maximum Gasteiger partial charge on any atom is 0.0443 e. The fourth-order valence-corrected chi connectivity index (χ4v) is 27.8. The number of rotatable bonds is 7. The molecule has 28 rings (SSSR count). The van der Waals surface area contributed by atoms with Crippen LogP contribution < -0.4 is 0 Å². The molecule has 0 aliphatic heterocycles. The normalized spacial score (nSPS) is 14.6. The van der Waals surface area contributed by atoms with Gasteiger partial charge in [0.15, 0.2) is 0 Å². The lowest BCUT2D eigenvalue weighted by Gasteiger charge is -2.25. The predicted octanol–water partition coefficient (Wildman–Crippen LogP) is 36.5. The first kappa shape index (κ1) is 74.4. The van der Waals surface area contributed by atoms with Gasteiger partial charge in [0.2, 0.25) is 0 Å². The molecular weight excluding hydrogens is 1600 g/mol. The second kappa shape index (κ2) is 26.5. The average Bonchev–Trinajstić information content (AvgIpc) is 1.53. The fourth-order valence-electron chi connectivity index (χ4n) is 25.3. The summed E-state index contributed by atoms with van der Waals surface area (Å²) in [6, 6.07) is 146. The van der Waals surface area contributed by atoms with Crippen molar-refractivity contribution in [3.8, 4) is 122 Å². The molecule has 2 aromatic heterocycles. The summed E-state index contributed by atoms with van der Waals surface area (Å²) >= 11 is 3.89. The molecule has 0 fully saturated rings. The first-order valence-electron chi connectivity index (χ1n) is 46.1. The molecule has 0 bridgehead atoms. The number of hydrogen-bond acceptors (Lipinski definition) is 2. The Morgan fingerprint density at radius 2 is 0.485 bits per heavy atom. The summed E-state index contributed by atoms with van der Waals surface area (Å²) < 4.78 is 5.48. The Morgan fingerprint density at radius 1 is 0.162 bits per heavy atom. The molecule has 0 unspecified atom stereocenters. The minimum Gasteiger partial charge on any atom is -0.135 e. The number of thiophene rings is 2. The van der Waals surface area contributed by atoms with Gasteiger partial charge in [-0.25, -0.2) is 0 Å². The molecule has 4 aliphatic rings. The summed E-state index contributed by atoms with van der Waals surface area (Å²) in [5.41, 5.74) is 38.2. The van der Waals surface area contributed by atoms with Gasteiger partial charge in [-0.3, -0.25) is 0 Å². The topological polar surface area (TPSA) is 0 Å². The van der Waals surface area contributed by atoms with E-state index in [1.807, 2.05) is 22.7 Å². The largest absolute Gasteiger partial charge is 0.135 e. The molecule has 0 spiro atoms. The van der Waals surface area contributed by atoms with E-state index in [9.17, 15) is 0 Å². The summed E-state index contributed by atoms with van der Waals surface area (Å²) in [5, 5.41) is 25.7. The molecule has 24 aromatic rings. The van der Waals surface area contributed by atoms with Crippen LogP contribution in [0.3, 0.4) is 0 Å². The van der Waals surface area contributed by atoms with Gasteiger partial charge in [-0.1, -0.05) is 371 Å². The molecule has 610 valence electrons. The number of hydrogen-bond donors (Lipinski definition) is 0. The van der Waals surface area contributed by atoms with Crippen LogP contribution in [-0.2, 0) is 21.7 Å². The monoisotopic (exact) mass is 1690 g/mol. The standard InChI is InChI=1S/C128H86S2/c1-125(2)105-62-54-79(65-102(105)85-56-48-76(67-107(85)125)78-52-61-99-110(69-78)128(7,8)122-95-38-18-17-37-92(95)117-100-41-21-23-45-111(100)130-124(117)120(99)122)113-88-33-13-15-35-90(88)115(86-43-25-29-71-27-9-11-31-81(71)86)103-63-73(49-58-93(103)113)74-50-59-94-104(64-74)116(87-44-26-30-72-28-10-12-32-82(72)87)91-36-16-14-34-89(91)114(94)80-53-57-84-83-55-47-75(66-106(83)126(3,4)108(84)70-80)77-51-60-98-109(68-77)127(5,6)121-96-39-19-20-40-97(96)123-119(118(98)121)101-42-22-24-46-112(101)129-123/h9-70H,1-8H3. The van der Waals surface area contributed by atoms with E-state index < -0.39 is 0 Å². The van der Waals surface area contributed by atoms with Gasteiger partial charge < -0.3 is 0 Å². The third kappa shape index (κ3) is 10.1. The van der Waals surface area contributed by atoms with Crippen LogP contribution in [0, 0.1) is 0 Å². The Balaban J connectivity index is 0.582. The zero-order valence-corrected chi connectivity index (χ0v) is 75.2. The maximum atomic E-state index is 2.56. The van der Waals surface area contributed by atoms with Crippen molar-refractivity contribution < 1.29 is 0 Å². The number of benzene rings is 22. The quantitative estimate of drug-likeness (QED) is 0.140. The third-order valence-electron chi connectivity index (χ3n) is 31.3. The zero-order valence-electron chi connectivity index (χ0n) is 73.6. The Hall–Kier alpha value is -14.6. The highest BCUT2D eigenvalue weighted by Gasteiger charge is 2.44. The van der Waals surface area contributed by atoms with Crippen LogP contribution in [0.5, 0.6) is 0 Å². The lowest BCUT2D eigenvalue weighted by Crippen LogP contribution is -2.16. The molecule has 0 nitrogen and oxygen atoms in total. The smallest absolute Gasteiger partial charge is 0.0443 e. The highest BCUT2D eigenvalue weighted by atomic mass is 32.1. The molecule has 0 amide bonds. The fraction of sp³-hybridized carbons (Fsp3) is 0.0938. The highest BCUT2D eigenvalue weighted by Crippen LogP contribution is 2.63. The second-order valence-electron chi connectivity index (χ2n) is 39.4. The summed E-state index contributed by atoms with van der Waals surface area (Å²) in [6.07, 6.45) is 0. The van der Waals surface area contributed by atoms with E-state index in [0.29, 0.717) is 0 Å². The van der Waals surface area contributed by atoms with Crippen molar-refractivity contribution in [2.75, 3.05) is 0 Å². The van der Waals surface area contributed by atoms with Crippen molar-refractivity contribution in [1.29, 1.82) is 0 Å². The van der Waals surface area contributed by atoms with E-state index in [0.717, 1.165) is 0 Å². The van der Waals surface area contributed by atoms with Gasteiger partial charge in [-0.05, 0) is 308 Å². The highest BCUT2D eigenvalue weighted by molar-refractivity contribution is 7.27. The van der Waals surface area contributed by atoms with Crippen LogP contribution in [0.4, 0.5) is 0 Å². The van der Waals surface area contributed by atoms with Gasteiger partial charge >= 0.3 is 0 Å². The average molecular weight is 1690 g/mol. The minimum atomic E-state index is -0.307. The molecule has 0 radical (unpaired) electrons. The Labute approximate surface area is 763 Å². The van der Waals surface area contributed by atoms with E-state index in [-0.39, 0.29) is 21.7 Å². The first-order valence-corrected chi connectivity index (χ1v) is 47.7. The van der Waals surface area contributed by atoms with Crippen molar-refractivity contribution in [3.05, 3.63) is 421 Å². The molecule has 22 aromatic carbocycles. The van der Waals surface area contributed by atoms with Crippen LogP contribution in [0.1, 0.15) is 99.9 Å². The minimum absolute atomic E-state index is 0.215. The van der Waals surface area contributed by atoms with Crippen LogP contribution in [0.2, 0.25) is 0 Å². The van der Waals surface area contributed by atoms with Crippen molar-refractivity contribution in [2.24, 2.45) is 0 Å². The second-order valence-corrected chi connectivity index (χ2v) is 41.5. The zero-order chi connectivity index (χ0) is 86.4. The molecule has 0 saturated carbocycles. The Bertz CT molecular complexity index is 9290. The van der Waals surface area contributed by atoms with E-state index in [1.165, 1.54) is 293 Å². The lowest BCUT2D eigenvalue weighted by molar-refractivity contribution is 0.660. The molecule has 130 heavy (non-hydrogen) atoms. The number of fused-ring (bicyclic) bond motifs is 32. The lowest BCUT2D eigenvalue weighted by atomic mass is 9.78. The van der Waals surface area contributed by atoms with Gasteiger partial charge in [0.05, 0.1) is 0 Å². The summed E-state index contributed by atoms with van der Waals surface area (Å²) in [4.78, 5) is 0. The van der Waals surface area contributed by atoms with Gasteiger partial charge in [-0.15, -0.1) is 22.7 Å². The molecule has 0 saturated heterocycles.